The van der Waals surface area contributed by atoms with E-state index in [1.807, 2.05) is 6.92 Å². The van der Waals surface area contributed by atoms with Crippen LogP contribution in [0.5, 0.6) is 23.0 Å². The average molecular weight is 497 g/mol. The van der Waals surface area contributed by atoms with Crippen LogP contribution in [0.3, 0.4) is 0 Å². The van der Waals surface area contributed by atoms with Gasteiger partial charge in [-0.25, -0.2) is 10.2 Å². The molecule has 0 aliphatic rings. The normalized spacial score (nSPS) is 10.6. The summed E-state index contributed by atoms with van der Waals surface area (Å²) in [7, 11) is 1.46. The van der Waals surface area contributed by atoms with E-state index in [1.165, 1.54) is 13.3 Å². The van der Waals surface area contributed by atoms with Crippen LogP contribution in [0.2, 0.25) is 5.02 Å². The zero-order valence-corrected chi connectivity index (χ0v) is 20.1. The molecule has 0 saturated carbocycles. The van der Waals surface area contributed by atoms with Crippen molar-refractivity contribution in [2.24, 2.45) is 5.10 Å². The molecule has 9 heteroatoms. The third-order valence-electron chi connectivity index (χ3n) is 4.55. The number of methoxy groups -OCH3 is 1. The number of hydrogen-bond donors (Lipinski definition) is 1. The molecule has 0 bridgehead atoms. The number of carbonyl (C=O) groups excluding carboxylic acids is 2. The van der Waals surface area contributed by atoms with E-state index in [0.717, 1.165) is 6.42 Å². The third kappa shape index (κ3) is 7.75. The van der Waals surface area contributed by atoms with Gasteiger partial charge in [-0.05, 0) is 66.6 Å². The Bertz CT molecular complexity index is 1180. The third-order valence-corrected chi connectivity index (χ3v) is 4.86. The molecule has 0 radical (unpaired) electrons. The van der Waals surface area contributed by atoms with E-state index < -0.39 is 11.9 Å². The van der Waals surface area contributed by atoms with Gasteiger partial charge in [0.15, 0.2) is 18.1 Å². The van der Waals surface area contributed by atoms with E-state index in [9.17, 15) is 9.59 Å². The highest BCUT2D eigenvalue weighted by Crippen LogP contribution is 2.28. The Labute approximate surface area is 208 Å². The standard InChI is InChI=1S/C26H25ClN2O6/c1-3-14-33-20-11-9-19(10-12-20)26(31)35-23-13-8-18(15-24(23)32-2)16-28-29-25(30)17-34-22-7-5-4-6-21(22)27/h4-13,15-16H,3,14,17H2,1-2H3,(H,29,30)/b28-16+. The van der Waals surface area contributed by atoms with Gasteiger partial charge >= 0.3 is 5.97 Å². The largest absolute Gasteiger partial charge is 0.494 e. The summed E-state index contributed by atoms with van der Waals surface area (Å²) in [5, 5.41) is 4.32. The SMILES string of the molecule is CCCOc1ccc(C(=O)Oc2ccc(/C=N/NC(=O)COc3ccccc3Cl)cc2OC)cc1. The molecule has 0 atom stereocenters. The molecule has 3 rings (SSSR count). The van der Waals surface area contributed by atoms with Gasteiger partial charge in [0.2, 0.25) is 0 Å². The fourth-order valence-electron chi connectivity index (χ4n) is 2.83. The predicted octanol–water partition coefficient (Wildman–Crippen LogP) is 4.89. The highest BCUT2D eigenvalue weighted by molar-refractivity contribution is 6.32. The summed E-state index contributed by atoms with van der Waals surface area (Å²) < 4.78 is 21.7. The van der Waals surface area contributed by atoms with Gasteiger partial charge in [0, 0.05) is 0 Å². The lowest BCUT2D eigenvalue weighted by atomic mass is 10.2. The van der Waals surface area contributed by atoms with Crippen molar-refractivity contribution in [3.63, 3.8) is 0 Å². The second-order valence-corrected chi connectivity index (χ2v) is 7.59. The minimum atomic E-state index is -0.530. The second kappa shape index (κ2) is 13.0. The molecular formula is C26H25ClN2O6. The number of carbonyl (C=O) groups is 2. The summed E-state index contributed by atoms with van der Waals surface area (Å²) in [6, 6.07) is 18.4. The maximum Gasteiger partial charge on any atom is 0.343 e. The van der Waals surface area contributed by atoms with Crippen molar-refractivity contribution in [1.29, 1.82) is 0 Å². The minimum Gasteiger partial charge on any atom is -0.494 e. The van der Waals surface area contributed by atoms with Crippen LogP contribution in [0.1, 0.15) is 29.3 Å². The Morgan fingerprint density at radius 3 is 2.46 bits per heavy atom. The first-order valence-electron chi connectivity index (χ1n) is 10.8. The molecular weight excluding hydrogens is 472 g/mol. The van der Waals surface area contributed by atoms with Crippen LogP contribution in [0.4, 0.5) is 0 Å². The molecule has 0 saturated heterocycles. The molecule has 3 aromatic carbocycles. The summed E-state index contributed by atoms with van der Waals surface area (Å²) in [6.07, 6.45) is 2.32. The van der Waals surface area contributed by atoms with Gasteiger partial charge in [0.1, 0.15) is 11.5 Å². The Morgan fingerprint density at radius 1 is 0.971 bits per heavy atom. The first-order chi connectivity index (χ1) is 17.0. The van der Waals surface area contributed by atoms with Crippen molar-refractivity contribution < 1.29 is 28.5 Å². The lowest BCUT2D eigenvalue weighted by Crippen LogP contribution is -2.24. The minimum absolute atomic E-state index is 0.245. The lowest BCUT2D eigenvalue weighted by Gasteiger charge is -2.10. The summed E-state index contributed by atoms with van der Waals surface area (Å²) in [5.74, 6) is 0.690. The number of hydrazone groups is 1. The fraction of sp³-hybridized carbons (Fsp3) is 0.192. The van der Waals surface area contributed by atoms with Crippen molar-refractivity contribution in [1.82, 2.24) is 5.43 Å². The van der Waals surface area contributed by atoms with Crippen LogP contribution in [0.25, 0.3) is 0 Å². The van der Waals surface area contributed by atoms with Crippen LogP contribution in [0, 0.1) is 0 Å². The lowest BCUT2D eigenvalue weighted by molar-refractivity contribution is -0.123. The van der Waals surface area contributed by atoms with Crippen LogP contribution in [-0.2, 0) is 4.79 Å². The number of benzene rings is 3. The maximum absolute atomic E-state index is 12.5. The van der Waals surface area contributed by atoms with Gasteiger partial charge in [0.05, 0.1) is 30.5 Å². The molecule has 0 aromatic heterocycles. The maximum atomic E-state index is 12.5. The van der Waals surface area contributed by atoms with E-state index in [2.05, 4.69) is 10.5 Å². The van der Waals surface area contributed by atoms with Crippen molar-refractivity contribution in [2.75, 3.05) is 20.3 Å². The Morgan fingerprint density at radius 2 is 1.74 bits per heavy atom. The van der Waals surface area contributed by atoms with Crippen molar-refractivity contribution in [3.8, 4) is 23.0 Å². The Balaban J connectivity index is 1.55. The Hall–Kier alpha value is -4.04. The molecule has 3 aromatic rings. The highest BCUT2D eigenvalue weighted by atomic mass is 35.5. The zero-order chi connectivity index (χ0) is 25.0. The number of nitrogens with one attached hydrogen (secondary N) is 1. The van der Waals surface area contributed by atoms with Crippen LogP contribution >= 0.6 is 11.6 Å². The number of para-hydroxylation sites is 1. The van der Waals surface area contributed by atoms with Crippen molar-refractivity contribution in [3.05, 3.63) is 82.9 Å². The predicted molar refractivity (Wildman–Crippen MR) is 133 cm³/mol. The molecule has 8 nitrogen and oxygen atoms in total. The number of nitrogens with zero attached hydrogens (tertiary/aromatic N) is 1. The summed E-state index contributed by atoms with van der Waals surface area (Å²) in [4.78, 5) is 24.5. The van der Waals surface area contributed by atoms with E-state index in [1.54, 1.807) is 66.7 Å². The molecule has 0 fully saturated rings. The van der Waals surface area contributed by atoms with Crippen LogP contribution in [-0.4, -0.2) is 38.4 Å². The number of hydrogen-bond acceptors (Lipinski definition) is 7. The second-order valence-electron chi connectivity index (χ2n) is 7.18. The van der Waals surface area contributed by atoms with Gasteiger partial charge in [-0.2, -0.15) is 5.10 Å². The van der Waals surface area contributed by atoms with E-state index >= 15 is 0 Å². The van der Waals surface area contributed by atoms with Crippen LogP contribution in [0.15, 0.2) is 71.8 Å². The van der Waals surface area contributed by atoms with Crippen molar-refractivity contribution >= 4 is 29.7 Å². The van der Waals surface area contributed by atoms with Gasteiger partial charge in [-0.15, -0.1) is 0 Å². The smallest absolute Gasteiger partial charge is 0.343 e. The number of ether oxygens (including phenoxy) is 4. The molecule has 182 valence electrons. The van der Waals surface area contributed by atoms with E-state index in [-0.39, 0.29) is 12.4 Å². The topological polar surface area (TPSA) is 95.5 Å². The first-order valence-corrected chi connectivity index (χ1v) is 11.2. The molecule has 1 amide bonds. The van der Waals surface area contributed by atoms with E-state index in [0.29, 0.717) is 40.0 Å². The molecule has 0 aliphatic heterocycles. The number of rotatable bonds is 11. The molecule has 0 unspecified atom stereocenters. The van der Waals surface area contributed by atoms with Gasteiger partial charge in [-0.3, -0.25) is 4.79 Å². The zero-order valence-electron chi connectivity index (χ0n) is 19.3. The molecule has 0 spiro atoms. The molecule has 35 heavy (non-hydrogen) atoms. The number of halogens is 1. The number of amides is 1. The fourth-order valence-corrected chi connectivity index (χ4v) is 3.02. The van der Waals surface area contributed by atoms with E-state index in [4.69, 9.17) is 30.5 Å². The quantitative estimate of drug-likeness (QED) is 0.176. The summed E-state index contributed by atoms with van der Waals surface area (Å²) in [5.41, 5.74) is 3.36. The summed E-state index contributed by atoms with van der Waals surface area (Å²) in [6.45, 7) is 2.38. The monoisotopic (exact) mass is 496 g/mol. The first kappa shape index (κ1) is 25.6. The molecule has 1 N–H and O–H groups in total. The number of esters is 1. The van der Waals surface area contributed by atoms with Gasteiger partial charge < -0.3 is 18.9 Å². The summed E-state index contributed by atoms with van der Waals surface area (Å²) >= 11 is 5.99. The van der Waals surface area contributed by atoms with Gasteiger partial charge in [0.25, 0.3) is 5.91 Å². The highest BCUT2D eigenvalue weighted by Gasteiger charge is 2.13. The molecule has 0 aliphatic carbocycles. The average Bonchev–Trinajstić information content (AvgIpc) is 2.88. The molecule has 0 heterocycles. The van der Waals surface area contributed by atoms with Crippen LogP contribution < -0.4 is 24.4 Å². The van der Waals surface area contributed by atoms with Gasteiger partial charge in [-0.1, -0.05) is 30.7 Å². The Kier molecular flexibility index (Phi) is 9.50. The van der Waals surface area contributed by atoms with Crippen molar-refractivity contribution in [2.45, 2.75) is 13.3 Å².